The van der Waals surface area contributed by atoms with E-state index in [0.717, 1.165) is 31.5 Å². The largest absolute Gasteiger partial charge is 0.326 e. The van der Waals surface area contributed by atoms with Crippen LogP contribution in [-0.4, -0.2) is 11.9 Å². The third-order valence-electron chi connectivity index (χ3n) is 4.23. The molecule has 1 unspecified atom stereocenters. The van der Waals surface area contributed by atoms with E-state index in [1.165, 1.54) is 16.7 Å². The molecule has 2 aromatic carbocycles. The molecule has 1 aliphatic carbocycles. The molecular weight excluding hydrogens is 286 g/mol. The van der Waals surface area contributed by atoms with Gasteiger partial charge < -0.3 is 5.32 Å². The number of anilines is 1. The van der Waals surface area contributed by atoms with Gasteiger partial charge in [0.05, 0.1) is 0 Å². The van der Waals surface area contributed by atoms with E-state index in [9.17, 15) is 4.79 Å². The van der Waals surface area contributed by atoms with Crippen LogP contribution in [0.5, 0.6) is 0 Å². The minimum atomic E-state index is -0.0109. The topological polar surface area (TPSA) is 53.2 Å². The summed E-state index contributed by atoms with van der Waals surface area (Å²) >= 11 is 0. The maximum absolute atomic E-state index is 11.3. The highest BCUT2D eigenvalue weighted by Gasteiger charge is 2.20. The molecule has 0 fully saturated rings. The van der Waals surface area contributed by atoms with Crippen LogP contribution in [-0.2, 0) is 24.2 Å². The Morgan fingerprint density at radius 2 is 1.96 bits per heavy atom. The van der Waals surface area contributed by atoms with Crippen molar-refractivity contribution in [2.75, 3.05) is 5.32 Å². The van der Waals surface area contributed by atoms with E-state index in [0.29, 0.717) is 6.04 Å². The van der Waals surface area contributed by atoms with E-state index in [4.69, 9.17) is 0 Å². The van der Waals surface area contributed by atoms with Gasteiger partial charge in [-0.1, -0.05) is 42.5 Å². The molecule has 3 N–H and O–H groups in total. The summed E-state index contributed by atoms with van der Waals surface area (Å²) < 4.78 is 0. The summed E-state index contributed by atoms with van der Waals surface area (Å²) in [5.41, 5.74) is 11.6. The predicted molar refractivity (Wildman–Crippen MR) is 93.0 cm³/mol. The van der Waals surface area contributed by atoms with Crippen molar-refractivity contribution in [1.29, 1.82) is 0 Å². The second kappa shape index (κ2) is 7.40. The summed E-state index contributed by atoms with van der Waals surface area (Å²) in [4.78, 5) is 11.3. The van der Waals surface area contributed by atoms with Crippen molar-refractivity contribution < 1.29 is 4.79 Å². The fourth-order valence-corrected chi connectivity index (χ4v) is 3.13. The van der Waals surface area contributed by atoms with Crippen molar-refractivity contribution in [3.05, 3.63) is 65.2 Å². The molecule has 1 aliphatic rings. The molecule has 4 nitrogen and oxygen atoms in total. The average Bonchev–Trinajstić information content (AvgIpc) is 2.55. The molecule has 1 amide bonds. The number of hydrogen-bond donors (Lipinski definition) is 3. The quantitative estimate of drug-likeness (QED) is 0.745. The Bertz CT molecular complexity index is 670. The van der Waals surface area contributed by atoms with Crippen molar-refractivity contribution in [2.45, 2.75) is 38.8 Å². The van der Waals surface area contributed by atoms with E-state index in [1.54, 1.807) is 6.92 Å². The van der Waals surface area contributed by atoms with Crippen LogP contribution < -0.4 is 16.2 Å². The van der Waals surface area contributed by atoms with Crippen LogP contribution in [0.4, 0.5) is 5.69 Å². The highest BCUT2D eigenvalue weighted by Crippen LogP contribution is 2.28. The highest BCUT2D eigenvalue weighted by atomic mass is 16.1. The maximum atomic E-state index is 11.3. The number of fused-ring (bicyclic) bond motifs is 1. The fourth-order valence-electron chi connectivity index (χ4n) is 3.13. The molecule has 0 aliphatic heterocycles. The molecule has 4 heteroatoms. The number of hydrogen-bond acceptors (Lipinski definition) is 3. The van der Waals surface area contributed by atoms with E-state index >= 15 is 0 Å². The molecular formula is C19H23N3O. The van der Waals surface area contributed by atoms with E-state index in [2.05, 4.69) is 46.5 Å². The Morgan fingerprint density at radius 3 is 2.74 bits per heavy atom. The lowest BCUT2D eigenvalue weighted by Crippen LogP contribution is -2.43. The molecule has 0 spiro atoms. The van der Waals surface area contributed by atoms with Gasteiger partial charge in [0.15, 0.2) is 0 Å². The van der Waals surface area contributed by atoms with Crippen molar-refractivity contribution in [3.63, 3.8) is 0 Å². The van der Waals surface area contributed by atoms with Gasteiger partial charge in [0.25, 0.3) is 0 Å². The normalized spacial score (nSPS) is 16.7. The monoisotopic (exact) mass is 309 g/mol. The number of nitrogens with one attached hydrogen (secondary N) is 3. The molecule has 0 saturated carbocycles. The number of carbonyl (C=O) groups excluding carboxylic acids is 1. The third-order valence-corrected chi connectivity index (χ3v) is 4.23. The van der Waals surface area contributed by atoms with Gasteiger partial charge in [0.2, 0.25) is 5.91 Å². The van der Waals surface area contributed by atoms with Crippen molar-refractivity contribution in [1.82, 2.24) is 10.9 Å². The van der Waals surface area contributed by atoms with Crippen LogP contribution in [0.15, 0.2) is 48.5 Å². The average molecular weight is 309 g/mol. The molecule has 0 saturated heterocycles. The zero-order chi connectivity index (χ0) is 16.1. The lowest BCUT2D eigenvalue weighted by atomic mass is 9.87. The smallest absolute Gasteiger partial charge is 0.221 e. The van der Waals surface area contributed by atoms with Crippen LogP contribution in [0.3, 0.4) is 0 Å². The van der Waals surface area contributed by atoms with E-state index in [1.807, 2.05) is 18.2 Å². The van der Waals surface area contributed by atoms with Gasteiger partial charge in [-0.3, -0.25) is 15.6 Å². The summed E-state index contributed by atoms with van der Waals surface area (Å²) in [6.45, 7) is 2.37. The number of rotatable bonds is 5. The minimum absolute atomic E-state index is 0.0109. The van der Waals surface area contributed by atoms with Crippen LogP contribution in [0.2, 0.25) is 0 Å². The summed E-state index contributed by atoms with van der Waals surface area (Å²) in [7, 11) is 0. The van der Waals surface area contributed by atoms with Gasteiger partial charge in [0, 0.05) is 25.2 Å². The predicted octanol–water partition coefficient (Wildman–Crippen LogP) is 2.80. The van der Waals surface area contributed by atoms with Gasteiger partial charge in [-0.15, -0.1) is 0 Å². The minimum Gasteiger partial charge on any atom is -0.326 e. The Hall–Kier alpha value is -2.17. The van der Waals surface area contributed by atoms with Crippen LogP contribution in [0.1, 0.15) is 30.0 Å². The highest BCUT2D eigenvalue weighted by molar-refractivity contribution is 5.89. The van der Waals surface area contributed by atoms with Gasteiger partial charge in [-0.25, -0.2) is 0 Å². The standard InChI is InChI=1S/C19H23N3O/c1-14(23)21-19-9-5-8-16-12-17(10-11-18(16)19)22-20-13-15-6-3-2-4-7-15/h2-9,17,20,22H,10-13H2,1H3,(H,21,23). The Balaban J connectivity index is 1.57. The first kappa shape index (κ1) is 15.7. The first-order chi connectivity index (χ1) is 11.2. The molecule has 0 heterocycles. The molecule has 1 atom stereocenters. The summed E-state index contributed by atoms with van der Waals surface area (Å²) in [5.74, 6) is -0.0109. The molecule has 0 radical (unpaired) electrons. The number of benzene rings is 2. The summed E-state index contributed by atoms with van der Waals surface area (Å²) in [6.07, 6.45) is 3.02. The molecule has 3 rings (SSSR count). The summed E-state index contributed by atoms with van der Waals surface area (Å²) in [6, 6.07) is 16.9. The summed E-state index contributed by atoms with van der Waals surface area (Å²) in [5, 5.41) is 2.94. The second-order valence-electron chi connectivity index (χ2n) is 6.05. The lowest BCUT2D eigenvalue weighted by Gasteiger charge is -2.27. The SMILES string of the molecule is CC(=O)Nc1cccc2c1CCC(NNCc1ccccc1)C2. The third kappa shape index (κ3) is 4.18. The molecule has 0 bridgehead atoms. The molecule has 0 aromatic heterocycles. The zero-order valence-corrected chi connectivity index (χ0v) is 13.4. The molecule has 23 heavy (non-hydrogen) atoms. The van der Waals surface area contributed by atoms with Gasteiger partial charge in [0.1, 0.15) is 0 Å². The first-order valence-electron chi connectivity index (χ1n) is 8.13. The van der Waals surface area contributed by atoms with Crippen LogP contribution >= 0.6 is 0 Å². The maximum Gasteiger partial charge on any atom is 0.221 e. The number of hydrazine groups is 1. The van der Waals surface area contributed by atoms with Crippen LogP contribution in [0, 0.1) is 0 Å². The molecule has 2 aromatic rings. The van der Waals surface area contributed by atoms with E-state index < -0.39 is 0 Å². The van der Waals surface area contributed by atoms with Crippen LogP contribution in [0.25, 0.3) is 0 Å². The second-order valence-corrected chi connectivity index (χ2v) is 6.05. The number of carbonyl (C=O) groups is 1. The van der Waals surface area contributed by atoms with Gasteiger partial charge >= 0.3 is 0 Å². The lowest BCUT2D eigenvalue weighted by molar-refractivity contribution is -0.114. The first-order valence-corrected chi connectivity index (χ1v) is 8.13. The Morgan fingerprint density at radius 1 is 1.13 bits per heavy atom. The van der Waals surface area contributed by atoms with Crippen molar-refractivity contribution in [2.24, 2.45) is 0 Å². The molecule has 120 valence electrons. The fraction of sp³-hybridized carbons (Fsp3) is 0.316. The Kier molecular flexibility index (Phi) is 5.05. The number of amides is 1. The Labute approximate surface area is 137 Å². The van der Waals surface area contributed by atoms with Gasteiger partial charge in [-0.2, -0.15) is 0 Å². The van der Waals surface area contributed by atoms with Gasteiger partial charge in [-0.05, 0) is 42.0 Å². The van der Waals surface area contributed by atoms with Crippen molar-refractivity contribution >= 4 is 11.6 Å². The zero-order valence-electron chi connectivity index (χ0n) is 13.4. The van der Waals surface area contributed by atoms with E-state index in [-0.39, 0.29) is 5.91 Å². The van der Waals surface area contributed by atoms with Crippen molar-refractivity contribution in [3.8, 4) is 0 Å².